The molecule has 1 atom stereocenters. The number of aromatic nitrogens is 4. The number of fused-ring (bicyclic) bond motifs is 1. The van der Waals surface area contributed by atoms with Crippen molar-refractivity contribution < 1.29 is 19.0 Å². The number of amides is 1. The monoisotopic (exact) mass is 606 g/mol. The Labute approximate surface area is 259 Å². The van der Waals surface area contributed by atoms with Crippen molar-refractivity contribution in [3.8, 4) is 5.75 Å². The van der Waals surface area contributed by atoms with E-state index < -0.39 is 5.60 Å². The summed E-state index contributed by atoms with van der Waals surface area (Å²) < 4.78 is 19.5. The number of anilines is 4. The van der Waals surface area contributed by atoms with Crippen molar-refractivity contribution in [3.63, 3.8) is 0 Å². The van der Waals surface area contributed by atoms with Gasteiger partial charge >= 0.3 is 6.09 Å². The standard InChI is InChI=1S/C32H46N8O4/c1-32(2,3)44-31(41)39-17-15-38(16-18-39)23-13-14-24(25(20-23)42-4)35-30-36-28(34-22-10-6-5-7-11-22)27-29(37-30)40(21-33-27)26-12-8-9-19-43-26/h13-14,20-22,26H,5-12,15-19H2,1-4H3,(H2,34,35,36,37). The Morgan fingerprint density at radius 3 is 2.48 bits per heavy atom. The van der Waals surface area contributed by atoms with Crippen LogP contribution in [0.1, 0.15) is 78.4 Å². The van der Waals surface area contributed by atoms with Gasteiger partial charge in [0.15, 0.2) is 17.0 Å². The Kier molecular flexibility index (Phi) is 8.97. The fourth-order valence-corrected chi connectivity index (χ4v) is 6.24. The Bertz CT molecular complexity index is 1430. The summed E-state index contributed by atoms with van der Waals surface area (Å²) in [4.78, 5) is 31.1. The number of carbonyl (C=O) groups excluding carboxylic acids is 1. The van der Waals surface area contributed by atoms with Gasteiger partial charge in [-0.15, -0.1) is 0 Å². The molecule has 12 nitrogen and oxygen atoms in total. The van der Waals surface area contributed by atoms with E-state index in [1.54, 1.807) is 12.0 Å². The minimum Gasteiger partial charge on any atom is -0.494 e. The minimum atomic E-state index is -0.505. The predicted octanol–water partition coefficient (Wildman–Crippen LogP) is 6.08. The van der Waals surface area contributed by atoms with E-state index in [0.717, 1.165) is 67.1 Å². The molecule has 12 heteroatoms. The number of methoxy groups -OCH3 is 1. The number of nitrogens with one attached hydrogen (secondary N) is 2. The number of imidazole rings is 1. The zero-order valence-corrected chi connectivity index (χ0v) is 26.5. The molecular weight excluding hydrogens is 560 g/mol. The van der Waals surface area contributed by atoms with Crippen molar-refractivity contribution in [2.45, 2.75) is 90.0 Å². The summed E-state index contributed by atoms with van der Waals surface area (Å²) in [6.07, 6.45) is 10.6. The lowest BCUT2D eigenvalue weighted by Gasteiger charge is -2.37. The maximum atomic E-state index is 12.5. The molecule has 1 unspecified atom stereocenters. The molecule has 3 aromatic rings. The van der Waals surface area contributed by atoms with Crippen LogP contribution in [0.15, 0.2) is 24.5 Å². The maximum Gasteiger partial charge on any atom is 0.410 e. The van der Waals surface area contributed by atoms with E-state index in [4.69, 9.17) is 29.2 Å². The summed E-state index contributed by atoms with van der Waals surface area (Å²) in [5.74, 6) is 1.91. The summed E-state index contributed by atoms with van der Waals surface area (Å²) in [5.41, 5.74) is 2.81. The summed E-state index contributed by atoms with van der Waals surface area (Å²) in [7, 11) is 1.67. The Hall–Kier alpha value is -3.80. The van der Waals surface area contributed by atoms with E-state index in [-0.39, 0.29) is 12.3 Å². The summed E-state index contributed by atoms with van der Waals surface area (Å²) >= 11 is 0. The van der Waals surface area contributed by atoms with Gasteiger partial charge in [0.1, 0.15) is 17.6 Å². The zero-order valence-electron chi connectivity index (χ0n) is 26.5. The third-order valence-electron chi connectivity index (χ3n) is 8.56. The Balaban J connectivity index is 1.22. The Morgan fingerprint density at radius 1 is 1.00 bits per heavy atom. The van der Waals surface area contributed by atoms with E-state index in [2.05, 4.69) is 21.6 Å². The van der Waals surface area contributed by atoms with Crippen LogP contribution in [-0.2, 0) is 9.47 Å². The number of carbonyl (C=O) groups is 1. The third kappa shape index (κ3) is 6.95. The largest absolute Gasteiger partial charge is 0.494 e. The van der Waals surface area contributed by atoms with Gasteiger partial charge in [0.2, 0.25) is 5.95 Å². The lowest BCUT2D eigenvalue weighted by molar-refractivity contribution is -0.0298. The fourth-order valence-electron chi connectivity index (χ4n) is 6.24. The van der Waals surface area contributed by atoms with Crippen LogP contribution in [0.5, 0.6) is 5.75 Å². The van der Waals surface area contributed by atoms with Crippen molar-refractivity contribution in [1.82, 2.24) is 24.4 Å². The first-order valence-corrected chi connectivity index (χ1v) is 16.1. The van der Waals surface area contributed by atoms with Gasteiger partial charge in [-0.3, -0.25) is 4.57 Å². The van der Waals surface area contributed by atoms with Crippen LogP contribution >= 0.6 is 0 Å². The van der Waals surface area contributed by atoms with Gasteiger partial charge in [0, 0.05) is 50.6 Å². The van der Waals surface area contributed by atoms with Gasteiger partial charge in [-0.2, -0.15) is 9.97 Å². The van der Waals surface area contributed by atoms with Gasteiger partial charge in [-0.1, -0.05) is 19.3 Å². The molecular formula is C32H46N8O4. The van der Waals surface area contributed by atoms with Gasteiger partial charge in [-0.25, -0.2) is 9.78 Å². The maximum absolute atomic E-state index is 12.5. The summed E-state index contributed by atoms with van der Waals surface area (Å²) in [6, 6.07) is 6.45. The van der Waals surface area contributed by atoms with Crippen molar-refractivity contribution in [2.24, 2.45) is 0 Å². The molecule has 1 aromatic carbocycles. The molecule has 0 spiro atoms. The second kappa shape index (κ2) is 13.1. The molecule has 1 amide bonds. The van der Waals surface area contributed by atoms with Crippen molar-refractivity contribution in [1.29, 1.82) is 0 Å². The summed E-state index contributed by atoms with van der Waals surface area (Å²) in [5, 5.41) is 7.12. The van der Waals surface area contributed by atoms with E-state index in [1.165, 1.54) is 19.3 Å². The smallest absolute Gasteiger partial charge is 0.410 e. The number of piperazine rings is 1. The third-order valence-corrected chi connectivity index (χ3v) is 8.56. The number of benzene rings is 1. The highest BCUT2D eigenvalue weighted by Gasteiger charge is 2.27. The van der Waals surface area contributed by atoms with E-state index in [9.17, 15) is 4.79 Å². The molecule has 4 heterocycles. The number of hydrogen-bond acceptors (Lipinski definition) is 10. The van der Waals surface area contributed by atoms with Crippen molar-refractivity contribution in [3.05, 3.63) is 24.5 Å². The molecule has 3 fully saturated rings. The van der Waals surface area contributed by atoms with Crippen LogP contribution in [0.25, 0.3) is 11.2 Å². The highest BCUT2D eigenvalue weighted by molar-refractivity contribution is 5.85. The molecule has 238 valence electrons. The second-order valence-corrected chi connectivity index (χ2v) is 13.0. The molecule has 6 rings (SSSR count). The first-order valence-electron chi connectivity index (χ1n) is 16.1. The topological polar surface area (TPSA) is 119 Å². The quantitative estimate of drug-likeness (QED) is 0.328. The number of rotatable bonds is 7. The molecule has 0 radical (unpaired) electrons. The van der Waals surface area contributed by atoms with E-state index >= 15 is 0 Å². The van der Waals surface area contributed by atoms with Crippen LogP contribution in [0.2, 0.25) is 0 Å². The van der Waals surface area contributed by atoms with Crippen LogP contribution in [-0.4, -0.2) is 82.1 Å². The van der Waals surface area contributed by atoms with Crippen LogP contribution in [0.3, 0.4) is 0 Å². The molecule has 2 aliphatic heterocycles. The molecule has 3 aliphatic rings. The SMILES string of the molecule is COc1cc(N2CCN(C(=O)OC(C)(C)C)CC2)ccc1Nc1nc(NC2CCCCC2)c2ncn(C3CCCCO3)c2n1. The number of hydrogen-bond donors (Lipinski definition) is 2. The van der Waals surface area contributed by atoms with Crippen molar-refractivity contribution in [2.75, 3.05) is 55.4 Å². The number of ether oxygens (including phenoxy) is 3. The second-order valence-electron chi connectivity index (χ2n) is 13.0. The van der Waals surface area contributed by atoms with Gasteiger partial charge in [0.05, 0.1) is 19.1 Å². The lowest BCUT2D eigenvalue weighted by atomic mass is 9.95. The highest BCUT2D eigenvalue weighted by Crippen LogP contribution is 2.34. The lowest BCUT2D eigenvalue weighted by Crippen LogP contribution is -2.50. The average molecular weight is 607 g/mol. The van der Waals surface area contributed by atoms with E-state index in [0.29, 0.717) is 43.9 Å². The molecule has 2 aromatic heterocycles. The predicted molar refractivity (Wildman–Crippen MR) is 171 cm³/mol. The van der Waals surface area contributed by atoms with Crippen LogP contribution in [0, 0.1) is 0 Å². The van der Waals surface area contributed by atoms with Gasteiger partial charge in [-0.05, 0) is 65.0 Å². The first-order chi connectivity index (χ1) is 21.3. The zero-order chi connectivity index (χ0) is 30.7. The molecule has 2 N–H and O–H groups in total. The molecule has 44 heavy (non-hydrogen) atoms. The minimum absolute atomic E-state index is 0.0800. The summed E-state index contributed by atoms with van der Waals surface area (Å²) in [6.45, 7) is 9.02. The van der Waals surface area contributed by atoms with Crippen molar-refractivity contribution >= 4 is 40.4 Å². The van der Waals surface area contributed by atoms with Crippen LogP contribution < -0.4 is 20.3 Å². The Morgan fingerprint density at radius 2 is 1.77 bits per heavy atom. The van der Waals surface area contributed by atoms with Gasteiger partial charge in [0.25, 0.3) is 0 Å². The number of nitrogens with zero attached hydrogens (tertiary/aromatic N) is 6. The molecule has 1 aliphatic carbocycles. The fraction of sp³-hybridized carbons (Fsp3) is 0.625. The highest BCUT2D eigenvalue weighted by atomic mass is 16.6. The average Bonchev–Trinajstić information content (AvgIpc) is 3.46. The van der Waals surface area contributed by atoms with Gasteiger partial charge < -0.3 is 34.6 Å². The molecule has 1 saturated carbocycles. The van der Waals surface area contributed by atoms with Crippen LogP contribution in [0.4, 0.5) is 27.9 Å². The van der Waals surface area contributed by atoms with E-state index in [1.807, 2.05) is 43.8 Å². The molecule has 0 bridgehead atoms. The molecule has 2 saturated heterocycles. The normalized spacial score (nSPS) is 20.0. The first kappa shape index (κ1) is 30.2.